The lowest BCUT2D eigenvalue weighted by molar-refractivity contribution is 0.568. The Morgan fingerprint density at radius 1 is 1.14 bits per heavy atom. The van der Waals surface area contributed by atoms with Gasteiger partial charge >= 0.3 is 0 Å². The van der Waals surface area contributed by atoms with Gasteiger partial charge in [-0.15, -0.1) is 10.2 Å². The van der Waals surface area contributed by atoms with Gasteiger partial charge in [0, 0.05) is 30.2 Å². The van der Waals surface area contributed by atoms with Crippen molar-refractivity contribution >= 4 is 5.69 Å². The number of hydrogen-bond donors (Lipinski definition) is 1. The van der Waals surface area contributed by atoms with E-state index in [0.717, 1.165) is 23.4 Å². The summed E-state index contributed by atoms with van der Waals surface area (Å²) < 4.78 is 5.21. The first-order chi connectivity index (χ1) is 10.2. The average molecular weight is 280 g/mol. The van der Waals surface area contributed by atoms with Crippen LogP contribution in [0.1, 0.15) is 16.7 Å². The molecule has 0 unspecified atom stereocenters. The van der Waals surface area contributed by atoms with Crippen molar-refractivity contribution in [2.45, 2.75) is 20.4 Å². The Hall–Kier alpha value is -2.69. The van der Waals surface area contributed by atoms with Crippen molar-refractivity contribution in [3.63, 3.8) is 0 Å². The predicted molar refractivity (Wildman–Crippen MR) is 80.8 cm³/mol. The molecular weight excluding hydrogens is 264 g/mol. The zero-order chi connectivity index (χ0) is 14.7. The zero-order valence-corrected chi connectivity index (χ0v) is 12.0. The zero-order valence-electron chi connectivity index (χ0n) is 12.0. The Bertz CT molecular complexity index is 738. The SMILES string of the molecule is Cc1ccncc1CNc1ccc(-c2nnco2)cc1C. The Balaban J connectivity index is 1.76. The molecule has 106 valence electrons. The first-order valence-electron chi connectivity index (χ1n) is 6.74. The van der Waals surface area contributed by atoms with Gasteiger partial charge in [0.2, 0.25) is 12.3 Å². The molecule has 0 radical (unpaired) electrons. The molecule has 0 aliphatic carbocycles. The molecule has 21 heavy (non-hydrogen) atoms. The lowest BCUT2D eigenvalue weighted by Crippen LogP contribution is -2.03. The van der Waals surface area contributed by atoms with Crippen LogP contribution in [-0.2, 0) is 6.54 Å². The molecule has 5 nitrogen and oxygen atoms in total. The molecule has 0 fully saturated rings. The monoisotopic (exact) mass is 280 g/mol. The highest BCUT2D eigenvalue weighted by molar-refractivity contribution is 5.62. The number of rotatable bonds is 4. The minimum absolute atomic E-state index is 0.535. The summed E-state index contributed by atoms with van der Waals surface area (Å²) in [5, 5.41) is 11.1. The van der Waals surface area contributed by atoms with Crippen molar-refractivity contribution in [2.75, 3.05) is 5.32 Å². The van der Waals surface area contributed by atoms with Gasteiger partial charge < -0.3 is 9.73 Å². The maximum absolute atomic E-state index is 5.21. The Labute approximate surface area is 123 Å². The maximum Gasteiger partial charge on any atom is 0.247 e. The highest BCUT2D eigenvalue weighted by Crippen LogP contribution is 2.23. The van der Waals surface area contributed by atoms with Gasteiger partial charge in [0.1, 0.15) is 0 Å². The molecule has 1 aromatic carbocycles. The normalized spacial score (nSPS) is 10.6. The van der Waals surface area contributed by atoms with Crippen molar-refractivity contribution in [3.05, 3.63) is 59.7 Å². The standard InChI is InChI=1S/C16H16N4O/c1-11-5-6-17-8-14(11)9-18-15-4-3-13(7-12(15)2)16-20-19-10-21-16/h3-8,10,18H,9H2,1-2H3. The molecule has 0 saturated heterocycles. The van der Waals surface area contributed by atoms with Crippen LogP contribution in [0.2, 0.25) is 0 Å². The number of hydrogen-bond acceptors (Lipinski definition) is 5. The van der Waals surface area contributed by atoms with E-state index in [2.05, 4.69) is 34.3 Å². The van der Waals surface area contributed by atoms with Crippen molar-refractivity contribution in [1.82, 2.24) is 15.2 Å². The van der Waals surface area contributed by atoms with E-state index < -0.39 is 0 Å². The Morgan fingerprint density at radius 2 is 2.05 bits per heavy atom. The van der Waals surface area contributed by atoms with Crippen molar-refractivity contribution in [1.29, 1.82) is 0 Å². The van der Waals surface area contributed by atoms with E-state index in [9.17, 15) is 0 Å². The van der Waals surface area contributed by atoms with E-state index in [1.165, 1.54) is 17.5 Å². The lowest BCUT2D eigenvalue weighted by atomic mass is 10.1. The number of anilines is 1. The molecular formula is C16H16N4O. The number of nitrogens with zero attached hydrogens (tertiary/aromatic N) is 3. The van der Waals surface area contributed by atoms with Gasteiger partial charge in [-0.25, -0.2) is 0 Å². The predicted octanol–water partition coefficient (Wildman–Crippen LogP) is 3.36. The Morgan fingerprint density at radius 3 is 2.76 bits per heavy atom. The number of pyridine rings is 1. The third-order valence-electron chi connectivity index (χ3n) is 3.45. The summed E-state index contributed by atoms with van der Waals surface area (Å²) in [6.07, 6.45) is 5.04. The summed E-state index contributed by atoms with van der Waals surface area (Å²) in [5.41, 5.74) is 5.57. The highest BCUT2D eigenvalue weighted by Gasteiger charge is 2.06. The maximum atomic E-state index is 5.21. The van der Waals surface area contributed by atoms with Crippen LogP contribution in [0, 0.1) is 13.8 Å². The molecule has 0 spiro atoms. The van der Waals surface area contributed by atoms with E-state index >= 15 is 0 Å². The van der Waals surface area contributed by atoms with Crippen LogP contribution in [0.15, 0.2) is 47.5 Å². The largest absolute Gasteiger partial charge is 0.423 e. The summed E-state index contributed by atoms with van der Waals surface area (Å²) in [7, 11) is 0. The van der Waals surface area contributed by atoms with Crippen molar-refractivity contribution in [3.8, 4) is 11.5 Å². The second kappa shape index (κ2) is 5.75. The van der Waals surface area contributed by atoms with Gasteiger partial charge in [0.15, 0.2) is 0 Å². The van der Waals surface area contributed by atoms with Crippen molar-refractivity contribution in [2.24, 2.45) is 0 Å². The third kappa shape index (κ3) is 2.91. The summed E-state index contributed by atoms with van der Waals surface area (Å²) in [6.45, 7) is 4.89. The van der Waals surface area contributed by atoms with Crippen LogP contribution in [-0.4, -0.2) is 15.2 Å². The number of benzene rings is 1. The van der Waals surface area contributed by atoms with Gasteiger partial charge in [-0.1, -0.05) is 0 Å². The minimum Gasteiger partial charge on any atom is -0.423 e. The number of nitrogens with one attached hydrogen (secondary N) is 1. The van der Waals surface area contributed by atoms with Crippen LogP contribution in [0.5, 0.6) is 0 Å². The van der Waals surface area contributed by atoms with E-state index in [4.69, 9.17) is 4.42 Å². The van der Waals surface area contributed by atoms with Crippen molar-refractivity contribution < 1.29 is 4.42 Å². The molecule has 5 heteroatoms. The molecule has 0 aliphatic heterocycles. The molecule has 2 aromatic heterocycles. The average Bonchev–Trinajstić information content (AvgIpc) is 3.02. The molecule has 0 amide bonds. The van der Waals surface area contributed by atoms with Crippen LogP contribution >= 0.6 is 0 Å². The van der Waals surface area contributed by atoms with Gasteiger partial charge in [-0.2, -0.15) is 0 Å². The fourth-order valence-corrected chi connectivity index (χ4v) is 2.17. The fourth-order valence-electron chi connectivity index (χ4n) is 2.17. The van der Waals surface area contributed by atoms with E-state index in [0.29, 0.717) is 5.89 Å². The number of aryl methyl sites for hydroxylation is 2. The molecule has 0 aliphatic rings. The molecule has 0 bridgehead atoms. The Kier molecular flexibility index (Phi) is 3.64. The van der Waals surface area contributed by atoms with Crippen LogP contribution in [0.25, 0.3) is 11.5 Å². The lowest BCUT2D eigenvalue weighted by Gasteiger charge is -2.11. The first-order valence-corrected chi connectivity index (χ1v) is 6.74. The molecule has 3 aromatic rings. The second-order valence-electron chi connectivity index (χ2n) is 4.93. The summed E-state index contributed by atoms with van der Waals surface area (Å²) >= 11 is 0. The van der Waals surface area contributed by atoms with E-state index in [1.807, 2.05) is 36.7 Å². The van der Waals surface area contributed by atoms with Gasteiger partial charge in [-0.3, -0.25) is 4.98 Å². The van der Waals surface area contributed by atoms with Gasteiger partial charge in [0.25, 0.3) is 0 Å². The highest BCUT2D eigenvalue weighted by atomic mass is 16.4. The second-order valence-corrected chi connectivity index (χ2v) is 4.93. The van der Waals surface area contributed by atoms with E-state index in [-0.39, 0.29) is 0 Å². The van der Waals surface area contributed by atoms with E-state index in [1.54, 1.807) is 0 Å². The molecule has 3 rings (SSSR count). The molecule has 2 heterocycles. The van der Waals surface area contributed by atoms with Crippen LogP contribution < -0.4 is 5.32 Å². The summed E-state index contributed by atoms with van der Waals surface area (Å²) in [4.78, 5) is 4.16. The minimum atomic E-state index is 0.535. The first kappa shape index (κ1) is 13.3. The van der Waals surface area contributed by atoms with Gasteiger partial charge in [-0.05, 0) is 54.8 Å². The van der Waals surface area contributed by atoms with Crippen LogP contribution in [0.4, 0.5) is 5.69 Å². The van der Waals surface area contributed by atoms with Crippen LogP contribution in [0.3, 0.4) is 0 Å². The summed E-state index contributed by atoms with van der Waals surface area (Å²) in [6, 6.07) is 8.05. The molecule has 0 saturated carbocycles. The fraction of sp³-hybridized carbons (Fsp3) is 0.188. The quantitative estimate of drug-likeness (QED) is 0.794. The smallest absolute Gasteiger partial charge is 0.247 e. The molecule has 1 N–H and O–H groups in total. The topological polar surface area (TPSA) is 63.8 Å². The molecule has 0 atom stereocenters. The van der Waals surface area contributed by atoms with Gasteiger partial charge in [0.05, 0.1) is 0 Å². The summed E-state index contributed by atoms with van der Waals surface area (Å²) in [5.74, 6) is 0.535. The number of aromatic nitrogens is 3. The third-order valence-corrected chi connectivity index (χ3v) is 3.45.